The van der Waals surface area contributed by atoms with E-state index < -0.39 is 16.1 Å². The molecule has 0 spiro atoms. The first-order valence-corrected chi connectivity index (χ1v) is 9.95. The Morgan fingerprint density at radius 1 is 1.19 bits per heavy atom. The highest BCUT2D eigenvalue weighted by molar-refractivity contribution is 7.89. The lowest BCUT2D eigenvalue weighted by atomic mass is 10.1. The summed E-state index contributed by atoms with van der Waals surface area (Å²) in [6.07, 6.45) is -0.318. The number of nitrogens with two attached hydrogens (primary N) is 1. The lowest BCUT2D eigenvalue weighted by Crippen LogP contribution is -2.32. The summed E-state index contributed by atoms with van der Waals surface area (Å²) in [5.41, 5.74) is 6.91. The normalized spacial score (nSPS) is 13.5. The van der Waals surface area contributed by atoms with Gasteiger partial charge in [-0.1, -0.05) is 41.9 Å². The van der Waals surface area contributed by atoms with Crippen LogP contribution in [0, 0.1) is 0 Å². The SMILES string of the molecule is COCC(C)Oc1ccc(Cl)cc1S(=O)(=O)NCC(N)c1ccccc1.Cl. The highest BCUT2D eigenvalue weighted by Crippen LogP contribution is 2.28. The van der Waals surface area contributed by atoms with Crippen molar-refractivity contribution in [2.45, 2.75) is 24.0 Å². The fourth-order valence-electron chi connectivity index (χ4n) is 2.37. The van der Waals surface area contributed by atoms with Crippen molar-refractivity contribution in [1.82, 2.24) is 4.72 Å². The maximum Gasteiger partial charge on any atom is 0.244 e. The zero-order chi connectivity index (χ0) is 19.2. The molecule has 2 unspecified atom stereocenters. The highest BCUT2D eigenvalue weighted by Gasteiger charge is 2.22. The summed E-state index contributed by atoms with van der Waals surface area (Å²) in [4.78, 5) is -0.0341. The largest absolute Gasteiger partial charge is 0.487 e. The zero-order valence-electron chi connectivity index (χ0n) is 15.1. The second-order valence-electron chi connectivity index (χ2n) is 5.84. The Morgan fingerprint density at radius 2 is 1.85 bits per heavy atom. The maximum absolute atomic E-state index is 12.7. The molecule has 0 heterocycles. The number of hydrogen-bond donors (Lipinski definition) is 2. The molecule has 0 aliphatic heterocycles. The van der Waals surface area contributed by atoms with Gasteiger partial charge in [0, 0.05) is 24.7 Å². The van der Waals surface area contributed by atoms with Crippen LogP contribution in [0.3, 0.4) is 0 Å². The minimum absolute atomic E-state index is 0. The van der Waals surface area contributed by atoms with E-state index in [-0.39, 0.29) is 35.7 Å². The molecule has 0 aliphatic rings. The van der Waals surface area contributed by atoms with Gasteiger partial charge in [0.2, 0.25) is 10.0 Å². The van der Waals surface area contributed by atoms with Crippen LogP contribution in [0.1, 0.15) is 18.5 Å². The Labute approximate surface area is 171 Å². The van der Waals surface area contributed by atoms with Gasteiger partial charge in [0.25, 0.3) is 0 Å². The maximum atomic E-state index is 12.7. The molecule has 3 N–H and O–H groups in total. The van der Waals surface area contributed by atoms with Crippen LogP contribution in [0.2, 0.25) is 5.02 Å². The third-order valence-electron chi connectivity index (χ3n) is 3.65. The number of methoxy groups -OCH3 is 1. The van der Waals surface area contributed by atoms with E-state index >= 15 is 0 Å². The van der Waals surface area contributed by atoms with Crippen molar-refractivity contribution in [3.05, 3.63) is 59.1 Å². The summed E-state index contributed by atoms with van der Waals surface area (Å²) in [7, 11) is -2.31. The predicted octanol–water partition coefficient (Wildman–Crippen LogP) is 3.15. The molecule has 27 heavy (non-hydrogen) atoms. The molecule has 0 saturated carbocycles. The van der Waals surface area contributed by atoms with Gasteiger partial charge in [-0.3, -0.25) is 0 Å². The van der Waals surface area contributed by atoms with Crippen LogP contribution < -0.4 is 15.2 Å². The molecule has 0 aliphatic carbocycles. The van der Waals surface area contributed by atoms with Gasteiger partial charge in [-0.15, -0.1) is 12.4 Å². The molecule has 0 fully saturated rings. The number of sulfonamides is 1. The molecule has 2 atom stereocenters. The van der Waals surface area contributed by atoms with Gasteiger partial charge in [0.05, 0.1) is 6.61 Å². The topological polar surface area (TPSA) is 90.6 Å². The van der Waals surface area contributed by atoms with E-state index in [2.05, 4.69) is 4.72 Å². The van der Waals surface area contributed by atoms with Crippen molar-refractivity contribution in [3.8, 4) is 5.75 Å². The van der Waals surface area contributed by atoms with E-state index in [1.807, 2.05) is 30.3 Å². The zero-order valence-corrected chi connectivity index (χ0v) is 17.5. The molecule has 6 nitrogen and oxygen atoms in total. The molecule has 2 aromatic carbocycles. The third-order valence-corrected chi connectivity index (χ3v) is 5.33. The Bertz CT molecular complexity index is 819. The van der Waals surface area contributed by atoms with Gasteiger partial charge in [-0.25, -0.2) is 13.1 Å². The van der Waals surface area contributed by atoms with Crippen molar-refractivity contribution in [2.24, 2.45) is 5.73 Å². The van der Waals surface area contributed by atoms with Gasteiger partial charge < -0.3 is 15.2 Å². The molecular formula is C18H24Cl2N2O4S. The fraction of sp³-hybridized carbons (Fsp3) is 0.333. The van der Waals surface area contributed by atoms with Crippen LogP contribution in [0.4, 0.5) is 0 Å². The van der Waals surface area contributed by atoms with E-state index in [0.29, 0.717) is 11.6 Å². The molecule has 0 saturated heterocycles. The van der Waals surface area contributed by atoms with Crippen molar-refractivity contribution >= 4 is 34.0 Å². The van der Waals surface area contributed by atoms with Gasteiger partial charge >= 0.3 is 0 Å². The summed E-state index contributed by atoms with van der Waals surface area (Å²) < 4.78 is 38.7. The van der Waals surface area contributed by atoms with Crippen LogP contribution >= 0.6 is 24.0 Å². The van der Waals surface area contributed by atoms with Gasteiger partial charge in [-0.2, -0.15) is 0 Å². The first-order chi connectivity index (χ1) is 12.3. The number of ether oxygens (including phenoxy) is 2. The average Bonchev–Trinajstić information content (AvgIpc) is 2.62. The molecular weight excluding hydrogens is 411 g/mol. The van der Waals surface area contributed by atoms with Gasteiger partial charge in [-0.05, 0) is 30.7 Å². The molecule has 0 radical (unpaired) electrons. The molecule has 9 heteroatoms. The Hall–Kier alpha value is -1.35. The average molecular weight is 435 g/mol. The van der Waals surface area contributed by atoms with Crippen molar-refractivity contribution < 1.29 is 17.9 Å². The number of rotatable bonds is 9. The smallest absolute Gasteiger partial charge is 0.244 e. The molecule has 0 amide bonds. The van der Waals surface area contributed by atoms with Crippen molar-refractivity contribution in [3.63, 3.8) is 0 Å². The van der Waals surface area contributed by atoms with E-state index in [1.54, 1.807) is 20.1 Å². The summed E-state index contributed by atoms with van der Waals surface area (Å²) in [6, 6.07) is 13.3. The minimum atomic E-state index is -3.86. The molecule has 0 aromatic heterocycles. The Balaban J connectivity index is 0.00000364. The van der Waals surface area contributed by atoms with Crippen molar-refractivity contribution in [2.75, 3.05) is 20.3 Å². The number of nitrogens with one attached hydrogen (secondary N) is 1. The molecule has 2 aromatic rings. The minimum Gasteiger partial charge on any atom is -0.487 e. The van der Waals surface area contributed by atoms with Gasteiger partial charge in [0.1, 0.15) is 16.7 Å². The first kappa shape index (κ1) is 23.7. The lowest BCUT2D eigenvalue weighted by molar-refractivity contribution is 0.0901. The van der Waals surface area contributed by atoms with Crippen LogP contribution in [0.5, 0.6) is 5.75 Å². The summed E-state index contributed by atoms with van der Waals surface area (Å²) in [6.45, 7) is 2.16. The lowest BCUT2D eigenvalue weighted by Gasteiger charge is -2.18. The van der Waals surface area contributed by atoms with Crippen LogP contribution in [-0.4, -0.2) is 34.8 Å². The van der Waals surface area contributed by atoms with Crippen molar-refractivity contribution in [1.29, 1.82) is 0 Å². The standard InChI is InChI=1S/C18H23ClN2O4S.ClH/c1-13(12-24-2)25-17-9-8-15(19)10-18(17)26(22,23)21-11-16(20)14-6-4-3-5-7-14;/h3-10,13,16,21H,11-12,20H2,1-2H3;1H. The second kappa shape index (κ2) is 10.8. The monoisotopic (exact) mass is 434 g/mol. The number of hydrogen-bond acceptors (Lipinski definition) is 5. The van der Waals surface area contributed by atoms with E-state index in [4.69, 9.17) is 26.8 Å². The first-order valence-electron chi connectivity index (χ1n) is 8.09. The Kier molecular flexibility index (Phi) is 9.52. The third kappa shape index (κ3) is 6.95. The quantitative estimate of drug-likeness (QED) is 0.632. The van der Waals surface area contributed by atoms with Crippen LogP contribution in [0.15, 0.2) is 53.4 Å². The Morgan fingerprint density at radius 3 is 2.48 bits per heavy atom. The van der Waals surface area contributed by atoms with Gasteiger partial charge in [0.15, 0.2) is 0 Å². The van der Waals surface area contributed by atoms with Crippen LogP contribution in [0.25, 0.3) is 0 Å². The number of halogens is 2. The summed E-state index contributed by atoms with van der Waals surface area (Å²) in [5, 5.41) is 0.296. The highest BCUT2D eigenvalue weighted by atomic mass is 35.5. The summed E-state index contributed by atoms with van der Waals surface area (Å²) >= 11 is 5.98. The van der Waals surface area contributed by atoms with E-state index in [1.165, 1.54) is 12.1 Å². The number of benzene rings is 2. The fourth-order valence-corrected chi connectivity index (χ4v) is 3.82. The second-order valence-corrected chi connectivity index (χ2v) is 8.02. The van der Waals surface area contributed by atoms with E-state index in [0.717, 1.165) is 5.56 Å². The molecule has 150 valence electrons. The molecule has 0 bridgehead atoms. The van der Waals surface area contributed by atoms with E-state index in [9.17, 15) is 8.42 Å². The summed E-state index contributed by atoms with van der Waals surface area (Å²) in [5.74, 6) is 0.208. The predicted molar refractivity (Wildman–Crippen MR) is 109 cm³/mol. The molecule has 2 rings (SSSR count). The van der Waals surface area contributed by atoms with Crippen LogP contribution in [-0.2, 0) is 14.8 Å².